The van der Waals surface area contributed by atoms with Crippen molar-refractivity contribution in [3.05, 3.63) is 35.4 Å². The zero-order chi connectivity index (χ0) is 22.9. The molecule has 0 aliphatic heterocycles. The van der Waals surface area contributed by atoms with Gasteiger partial charge in [-0.15, -0.1) is 10.2 Å². The molecule has 7 nitrogen and oxygen atoms in total. The van der Waals surface area contributed by atoms with Crippen LogP contribution in [0.2, 0.25) is 0 Å². The standard InChI is InChI=1S/C23H33N5O2S2/c1-16-8-4-5-10-18(16)15-31-23-27-26-22(32-23)25-21(30)13-12-20(29)24-19-11-7-6-9-17(19)14-28(2)3/h4-5,8,10,17,19H,6-7,9,11-15H2,1-3H3,(H,24,29)(H,25,26,30). The lowest BCUT2D eigenvalue weighted by molar-refractivity contribution is -0.125. The molecule has 1 heterocycles. The smallest absolute Gasteiger partial charge is 0.226 e. The van der Waals surface area contributed by atoms with Gasteiger partial charge in [0, 0.05) is 31.2 Å². The lowest BCUT2D eigenvalue weighted by Gasteiger charge is -2.34. The maximum atomic E-state index is 12.4. The number of thioether (sulfide) groups is 1. The molecule has 2 aromatic rings. The average molecular weight is 476 g/mol. The van der Waals surface area contributed by atoms with Crippen LogP contribution in [0.5, 0.6) is 0 Å². The SMILES string of the molecule is Cc1ccccc1CSc1nnc(NC(=O)CCC(=O)NC2CCCCC2CN(C)C)s1. The van der Waals surface area contributed by atoms with E-state index in [9.17, 15) is 9.59 Å². The van der Waals surface area contributed by atoms with E-state index in [1.54, 1.807) is 11.8 Å². The minimum absolute atomic E-state index is 0.0532. The summed E-state index contributed by atoms with van der Waals surface area (Å²) in [5.41, 5.74) is 2.51. The van der Waals surface area contributed by atoms with Gasteiger partial charge in [0.25, 0.3) is 0 Å². The Hall–Kier alpha value is -1.97. The molecular formula is C23H33N5O2S2. The summed E-state index contributed by atoms with van der Waals surface area (Å²) < 4.78 is 0.811. The molecule has 1 aliphatic rings. The van der Waals surface area contributed by atoms with Crippen LogP contribution in [-0.2, 0) is 15.3 Å². The summed E-state index contributed by atoms with van der Waals surface area (Å²) in [7, 11) is 4.13. The minimum Gasteiger partial charge on any atom is -0.353 e. The van der Waals surface area contributed by atoms with E-state index >= 15 is 0 Å². The Labute approximate surface area is 198 Å². The van der Waals surface area contributed by atoms with Crippen LogP contribution in [-0.4, -0.2) is 53.6 Å². The Morgan fingerprint density at radius 1 is 1.12 bits per heavy atom. The van der Waals surface area contributed by atoms with E-state index in [0.717, 1.165) is 35.9 Å². The third-order valence-electron chi connectivity index (χ3n) is 5.70. The van der Waals surface area contributed by atoms with Gasteiger partial charge >= 0.3 is 0 Å². The van der Waals surface area contributed by atoms with Gasteiger partial charge in [0.2, 0.25) is 16.9 Å². The van der Waals surface area contributed by atoms with Gasteiger partial charge in [0.1, 0.15) is 0 Å². The molecule has 174 valence electrons. The molecule has 32 heavy (non-hydrogen) atoms. The van der Waals surface area contributed by atoms with Crippen molar-refractivity contribution in [2.75, 3.05) is 26.0 Å². The van der Waals surface area contributed by atoms with E-state index in [-0.39, 0.29) is 30.7 Å². The number of amides is 2. The van der Waals surface area contributed by atoms with Crippen molar-refractivity contribution in [3.63, 3.8) is 0 Å². The molecule has 0 spiro atoms. The Morgan fingerprint density at radius 3 is 2.66 bits per heavy atom. The first-order chi connectivity index (χ1) is 15.4. The zero-order valence-corrected chi connectivity index (χ0v) is 20.7. The molecule has 2 atom stereocenters. The number of hydrogen-bond donors (Lipinski definition) is 2. The van der Waals surface area contributed by atoms with Gasteiger partial charge in [-0.2, -0.15) is 0 Å². The van der Waals surface area contributed by atoms with Crippen molar-refractivity contribution in [1.82, 2.24) is 20.4 Å². The van der Waals surface area contributed by atoms with Crippen molar-refractivity contribution in [2.24, 2.45) is 5.92 Å². The molecule has 9 heteroatoms. The number of anilines is 1. The van der Waals surface area contributed by atoms with Crippen LogP contribution >= 0.6 is 23.1 Å². The van der Waals surface area contributed by atoms with Crippen molar-refractivity contribution >= 4 is 40.0 Å². The molecule has 1 fully saturated rings. The first-order valence-electron chi connectivity index (χ1n) is 11.2. The van der Waals surface area contributed by atoms with E-state index in [0.29, 0.717) is 11.0 Å². The highest BCUT2D eigenvalue weighted by molar-refractivity contribution is 8.00. The molecule has 1 saturated carbocycles. The molecule has 0 bridgehead atoms. The third-order valence-corrected chi connectivity index (χ3v) is 7.72. The Bertz CT molecular complexity index is 902. The number of hydrogen-bond acceptors (Lipinski definition) is 7. The summed E-state index contributed by atoms with van der Waals surface area (Å²) in [6, 6.07) is 8.46. The Balaban J connectivity index is 1.40. The average Bonchev–Trinajstić information content (AvgIpc) is 3.20. The van der Waals surface area contributed by atoms with E-state index < -0.39 is 0 Å². The molecule has 2 unspecified atom stereocenters. The summed E-state index contributed by atoms with van der Waals surface area (Å²) in [5, 5.41) is 14.6. The molecular weight excluding hydrogens is 442 g/mol. The molecule has 0 radical (unpaired) electrons. The second kappa shape index (κ2) is 12.3. The summed E-state index contributed by atoms with van der Waals surface area (Å²) in [6.07, 6.45) is 4.86. The summed E-state index contributed by atoms with van der Waals surface area (Å²) in [6.45, 7) is 3.07. The van der Waals surface area contributed by atoms with Gasteiger partial charge in [0.05, 0.1) is 0 Å². The van der Waals surface area contributed by atoms with Crippen LogP contribution < -0.4 is 10.6 Å². The number of aryl methyl sites for hydroxylation is 1. The van der Waals surface area contributed by atoms with E-state index in [1.807, 2.05) is 12.1 Å². The van der Waals surface area contributed by atoms with Gasteiger partial charge in [-0.1, -0.05) is 60.2 Å². The lowest BCUT2D eigenvalue weighted by Crippen LogP contribution is -2.45. The Kier molecular flexibility index (Phi) is 9.50. The van der Waals surface area contributed by atoms with Crippen LogP contribution in [0.4, 0.5) is 5.13 Å². The third kappa shape index (κ3) is 7.86. The fourth-order valence-corrected chi connectivity index (χ4v) is 5.85. The maximum Gasteiger partial charge on any atom is 0.226 e. The topological polar surface area (TPSA) is 87.2 Å². The van der Waals surface area contributed by atoms with Gasteiger partial charge in [-0.3, -0.25) is 9.59 Å². The van der Waals surface area contributed by atoms with Crippen molar-refractivity contribution < 1.29 is 9.59 Å². The van der Waals surface area contributed by atoms with Crippen molar-refractivity contribution in [2.45, 2.75) is 61.6 Å². The van der Waals surface area contributed by atoms with Gasteiger partial charge in [-0.25, -0.2) is 0 Å². The van der Waals surface area contributed by atoms with Crippen LogP contribution in [0.15, 0.2) is 28.6 Å². The van der Waals surface area contributed by atoms with Crippen molar-refractivity contribution in [1.29, 1.82) is 0 Å². The van der Waals surface area contributed by atoms with Gasteiger partial charge in [-0.05, 0) is 50.9 Å². The first-order valence-corrected chi connectivity index (χ1v) is 13.0. The van der Waals surface area contributed by atoms with Crippen LogP contribution in [0, 0.1) is 12.8 Å². The molecule has 0 saturated heterocycles. The van der Waals surface area contributed by atoms with Crippen molar-refractivity contribution in [3.8, 4) is 0 Å². The lowest BCUT2D eigenvalue weighted by atomic mass is 9.84. The molecule has 2 N–H and O–H groups in total. The molecule has 2 amide bonds. The van der Waals surface area contributed by atoms with Gasteiger partial charge in [0.15, 0.2) is 4.34 Å². The first kappa shape index (κ1) is 24.7. The summed E-state index contributed by atoms with van der Waals surface area (Å²) in [5.74, 6) is 1.03. The highest BCUT2D eigenvalue weighted by Crippen LogP contribution is 2.29. The van der Waals surface area contributed by atoms with Crippen LogP contribution in [0.3, 0.4) is 0 Å². The summed E-state index contributed by atoms with van der Waals surface area (Å²) in [4.78, 5) is 26.9. The highest BCUT2D eigenvalue weighted by Gasteiger charge is 2.26. The molecule has 1 aliphatic carbocycles. The normalized spacial score (nSPS) is 18.5. The number of carbonyl (C=O) groups excluding carboxylic acids is 2. The van der Waals surface area contributed by atoms with Crippen LogP contribution in [0.25, 0.3) is 0 Å². The van der Waals surface area contributed by atoms with Crippen LogP contribution in [0.1, 0.15) is 49.7 Å². The fourth-order valence-electron chi connectivity index (χ4n) is 4.00. The number of nitrogens with one attached hydrogen (secondary N) is 2. The second-order valence-electron chi connectivity index (χ2n) is 8.62. The zero-order valence-electron chi connectivity index (χ0n) is 19.1. The molecule has 3 rings (SSSR count). The minimum atomic E-state index is -0.208. The Morgan fingerprint density at radius 2 is 1.88 bits per heavy atom. The molecule has 1 aromatic heterocycles. The summed E-state index contributed by atoms with van der Waals surface area (Å²) >= 11 is 2.96. The second-order valence-corrected chi connectivity index (χ2v) is 10.8. The number of benzene rings is 1. The number of aromatic nitrogens is 2. The number of nitrogens with zero attached hydrogens (tertiary/aromatic N) is 3. The predicted octanol–water partition coefficient (Wildman–Crippen LogP) is 4.09. The predicted molar refractivity (Wildman–Crippen MR) is 131 cm³/mol. The monoisotopic (exact) mass is 475 g/mol. The van der Waals surface area contributed by atoms with E-state index in [2.05, 4.69) is 58.9 Å². The fraction of sp³-hybridized carbons (Fsp3) is 0.565. The number of rotatable bonds is 10. The van der Waals surface area contributed by atoms with E-state index in [4.69, 9.17) is 0 Å². The van der Waals surface area contributed by atoms with E-state index in [1.165, 1.54) is 28.9 Å². The number of carbonyl (C=O) groups is 2. The van der Waals surface area contributed by atoms with Gasteiger partial charge < -0.3 is 15.5 Å². The maximum absolute atomic E-state index is 12.4. The highest BCUT2D eigenvalue weighted by atomic mass is 32.2. The largest absolute Gasteiger partial charge is 0.353 e. The molecule has 1 aromatic carbocycles. The quantitative estimate of drug-likeness (QED) is 0.397.